The summed E-state index contributed by atoms with van der Waals surface area (Å²) in [5, 5.41) is 9.42. The minimum atomic E-state index is -0.544. The first-order valence-electron chi connectivity index (χ1n) is 9.41. The summed E-state index contributed by atoms with van der Waals surface area (Å²) in [6.45, 7) is 4.50. The Morgan fingerprint density at radius 1 is 0.905 bits per heavy atom. The van der Waals surface area contributed by atoms with E-state index in [1.807, 2.05) is 0 Å². The van der Waals surface area contributed by atoms with E-state index in [0.29, 0.717) is 5.92 Å². The van der Waals surface area contributed by atoms with Gasteiger partial charge >= 0.3 is 5.97 Å². The van der Waals surface area contributed by atoms with Crippen LogP contribution in [0.5, 0.6) is 0 Å². The molecule has 1 N–H and O–H groups in total. The van der Waals surface area contributed by atoms with E-state index in [1.54, 1.807) is 0 Å². The Morgan fingerprint density at radius 3 is 2.19 bits per heavy atom. The fraction of sp³-hybridized carbons (Fsp3) is 0.947. The molecule has 124 valence electrons. The molecule has 1 aliphatic carbocycles. The molecule has 2 nitrogen and oxygen atoms in total. The van der Waals surface area contributed by atoms with E-state index < -0.39 is 5.97 Å². The lowest BCUT2D eigenvalue weighted by Gasteiger charge is -2.34. The van der Waals surface area contributed by atoms with E-state index in [-0.39, 0.29) is 5.92 Å². The van der Waals surface area contributed by atoms with Crippen molar-refractivity contribution in [3.63, 3.8) is 0 Å². The van der Waals surface area contributed by atoms with Crippen molar-refractivity contribution in [2.45, 2.75) is 97.3 Å². The van der Waals surface area contributed by atoms with E-state index in [4.69, 9.17) is 0 Å². The summed E-state index contributed by atoms with van der Waals surface area (Å²) in [5.41, 5.74) is 0. The maximum absolute atomic E-state index is 11.4. The number of hydrogen-bond acceptors (Lipinski definition) is 1. The molecule has 3 atom stereocenters. The summed E-state index contributed by atoms with van der Waals surface area (Å²) >= 11 is 0. The van der Waals surface area contributed by atoms with Crippen LogP contribution < -0.4 is 0 Å². The van der Waals surface area contributed by atoms with Gasteiger partial charge in [0.2, 0.25) is 0 Å². The van der Waals surface area contributed by atoms with Crippen molar-refractivity contribution in [2.75, 3.05) is 0 Å². The fourth-order valence-electron chi connectivity index (χ4n) is 4.04. The van der Waals surface area contributed by atoms with Gasteiger partial charge in [0.1, 0.15) is 0 Å². The van der Waals surface area contributed by atoms with E-state index >= 15 is 0 Å². The van der Waals surface area contributed by atoms with Gasteiger partial charge in [-0.3, -0.25) is 4.79 Å². The summed E-state index contributed by atoms with van der Waals surface area (Å²) in [6.07, 6.45) is 16.2. The molecule has 1 aliphatic rings. The third-order valence-corrected chi connectivity index (χ3v) is 5.28. The molecule has 0 bridgehead atoms. The largest absolute Gasteiger partial charge is 0.481 e. The number of unbranched alkanes of at least 4 members (excludes halogenated alkanes) is 6. The number of carbonyl (C=O) groups is 1. The first-order valence-corrected chi connectivity index (χ1v) is 9.41. The summed E-state index contributed by atoms with van der Waals surface area (Å²) in [5.74, 6) is 0.639. The lowest BCUT2D eigenvalue weighted by atomic mass is 9.71. The summed E-state index contributed by atoms with van der Waals surface area (Å²) in [4.78, 5) is 11.4. The Balaban J connectivity index is 2.25. The molecule has 0 radical (unpaired) electrons. The predicted octanol–water partition coefficient (Wildman–Crippen LogP) is 6.04. The van der Waals surface area contributed by atoms with Crippen molar-refractivity contribution in [3.8, 4) is 0 Å². The van der Waals surface area contributed by atoms with E-state index in [2.05, 4.69) is 13.8 Å². The molecule has 0 aromatic carbocycles. The Morgan fingerprint density at radius 2 is 1.57 bits per heavy atom. The van der Waals surface area contributed by atoms with Gasteiger partial charge in [-0.1, -0.05) is 71.6 Å². The third kappa shape index (κ3) is 7.33. The summed E-state index contributed by atoms with van der Waals surface area (Å²) < 4.78 is 0. The molecule has 0 aromatic heterocycles. The maximum Gasteiger partial charge on any atom is 0.306 e. The van der Waals surface area contributed by atoms with Crippen LogP contribution in [-0.2, 0) is 4.79 Å². The van der Waals surface area contributed by atoms with Crippen LogP contribution >= 0.6 is 0 Å². The van der Waals surface area contributed by atoms with Gasteiger partial charge < -0.3 is 5.11 Å². The molecule has 0 amide bonds. The van der Waals surface area contributed by atoms with Gasteiger partial charge in [-0.25, -0.2) is 0 Å². The van der Waals surface area contributed by atoms with E-state index in [1.165, 1.54) is 64.2 Å². The average Bonchev–Trinajstić information content (AvgIpc) is 2.46. The first-order chi connectivity index (χ1) is 10.2. The SMILES string of the molecule is CCCCCCCCCC1CC(CCC)CCC1C(=O)O. The zero-order valence-electron chi connectivity index (χ0n) is 14.3. The molecule has 1 fully saturated rings. The van der Waals surface area contributed by atoms with Crippen LogP contribution in [0, 0.1) is 17.8 Å². The van der Waals surface area contributed by atoms with Crippen LogP contribution in [0.3, 0.4) is 0 Å². The lowest BCUT2D eigenvalue weighted by molar-refractivity contribution is -0.145. The van der Waals surface area contributed by atoms with Crippen molar-refractivity contribution < 1.29 is 9.90 Å². The van der Waals surface area contributed by atoms with Crippen LogP contribution in [0.4, 0.5) is 0 Å². The minimum Gasteiger partial charge on any atom is -0.481 e. The first kappa shape index (κ1) is 18.5. The molecule has 2 heteroatoms. The highest BCUT2D eigenvalue weighted by Crippen LogP contribution is 2.39. The smallest absolute Gasteiger partial charge is 0.306 e. The van der Waals surface area contributed by atoms with Crippen molar-refractivity contribution in [1.29, 1.82) is 0 Å². The molecule has 21 heavy (non-hydrogen) atoms. The molecule has 0 aliphatic heterocycles. The lowest BCUT2D eigenvalue weighted by Crippen LogP contribution is -2.30. The number of rotatable bonds is 11. The highest BCUT2D eigenvalue weighted by atomic mass is 16.4. The van der Waals surface area contributed by atoms with Gasteiger partial charge in [0.15, 0.2) is 0 Å². The molecule has 3 unspecified atom stereocenters. The molecular weight excluding hydrogens is 260 g/mol. The second-order valence-electron chi connectivity index (χ2n) is 7.08. The van der Waals surface area contributed by atoms with Crippen LogP contribution in [0.15, 0.2) is 0 Å². The van der Waals surface area contributed by atoms with Crippen molar-refractivity contribution in [1.82, 2.24) is 0 Å². The van der Waals surface area contributed by atoms with Gasteiger partial charge in [-0.2, -0.15) is 0 Å². The number of carboxylic acids is 1. The van der Waals surface area contributed by atoms with Gasteiger partial charge in [-0.05, 0) is 37.5 Å². The van der Waals surface area contributed by atoms with Crippen molar-refractivity contribution in [3.05, 3.63) is 0 Å². The molecular formula is C19H36O2. The second-order valence-corrected chi connectivity index (χ2v) is 7.08. The number of aliphatic carboxylic acids is 1. The van der Waals surface area contributed by atoms with Crippen LogP contribution in [0.2, 0.25) is 0 Å². The van der Waals surface area contributed by atoms with Crippen LogP contribution in [0.1, 0.15) is 97.3 Å². The number of carboxylic acid groups (broad SMARTS) is 1. The average molecular weight is 296 g/mol. The third-order valence-electron chi connectivity index (χ3n) is 5.28. The summed E-state index contributed by atoms with van der Waals surface area (Å²) in [7, 11) is 0. The van der Waals surface area contributed by atoms with Gasteiger partial charge in [-0.15, -0.1) is 0 Å². The Bertz CT molecular complexity index is 275. The zero-order chi connectivity index (χ0) is 15.5. The van der Waals surface area contributed by atoms with Crippen molar-refractivity contribution in [2.24, 2.45) is 17.8 Å². The van der Waals surface area contributed by atoms with Crippen LogP contribution in [-0.4, -0.2) is 11.1 Å². The normalized spacial score (nSPS) is 25.9. The minimum absolute atomic E-state index is 0.0572. The molecule has 0 saturated heterocycles. The van der Waals surface area contributed by atoms with Crippen LogP contribution in [0.25, 0.3) is 0 Å². The van der Waals surface area contributed by atoms with Crippen molar-refractivity contribution >= 4 is 5.97 Å². The zero-order valence-corrected chi connectivity index (χ0v) is 14.3. The highest BCUT2D eigenvalue weighted by Gasteiger charge is 2.33. The maximum atomic E-state index is 11.4. The molecule has 0 spiro atoms. The highest BCUT2D eigenvalue weighted by molar-refractivity contribution is 5.70. The van der Waals surface area contributed by atoms with Gasteiger partial charge in [0.25, 0.3) is 0 Å². The predicted molar refractivity (Wildman–Crippen MR) is 89.5 cm³/mol. The Kier molecular flexibility index (Phi) is 9.78. The quantitative estimate of drug-likeness (QED) is 0.472. The topological polar surface area (TPSA) is 37.3 Å². The molecule has 1 rings (SSSR count). The van der Waals surface area contributed by atoms with E-state index in [9.17, 15) is 9.90 Å². The monoisotopic (exact) mass is 296 g/mol. The number of hydrogen-bond donors (Lipinski definition) is 1. The Labute approximate surface area is 131 Å². The molecule has 0 heterocycles. The fourth-order valence-corrected chi connectivity index (χ4v) is 4.04. The molecule has 0 aromatic rings. The van der Waals surface area contributed by atoms with Gasteiger partial charge in [0.05, 0.1) is 5.92 Å². The summed E-state index contributed by atoms with van der Waals surface area (Å²) in [6, 6.07) is 0. The van der Waals surface area contributed by atoms with Gasteiger partial charge in [0, 0.05) is 0 Å². The second kappa shape index (κ2) is 11.1. The van der Waals surface area contributed by atoms with E-state index in [0.717, 1.165) is 25.2 Å². The molecule has 1 saturated carbocycles. The Hall–Kier alpha value is -0.530. The standard InChI is InChI=1S/C19H36O2/c1-3-5-6-7-8-9-10-12-17-15-16(11-4-2)13-14-18(17)19(20)21/h16-18H,3-15H2,1-2H3,(H,20,21).